The average Bonchev–Trinajstić information content (AvgIpc) is 2.76. The van der Waals surface area contributed by atoms with E-state index in [1.54, 1.807) is 7.11 Å². The third kappa shape index (κ3) is 3.71. The van der Waals surface area contributed by atoms with Crippen LogP contribution in [0.4, 0.5) is 0 Å². The van der Waals surface area contributed by atoms with Crippen LogP contribution in [0, 0.1) is 5.92 Å². The van der Waals surface area contributed by atoms with Crippen molar-refractivity contribution in [2.24, 2.45) is 5.92 Å². The van der Waals surface area contributed by atoms with E-state index in [1.807, 2.05) is 36.0 Å². The average molecular weight is 273 g/mol. The predicted molar refractivity (Wildman–Crippen MR) is 73.6 cm³/mol. The Labute approximate surface area is 112 Å². The van der Waals surface area contributed by atoms with Gasteiger partial charge in [-0.25, -0.2) is 0 Å². The van der Waals surface area contributed by atoms with E-state index in [4.69, 9.17) is 21.1 Å². The molecule has 0 radical (unpaired) electrons. The molecule has 2 unspecified atom stereocenters. The minimum absolute atomic E-state index is 0.319. The summed E-state index contributed by atoms with van der Waals surface area (Å²) in [6.07, 6.45) is 1.03. The summed E-state index contributed by atoms with van der Waals surface area (Å²) in [5.74, 6) is 4.59. The summed E-state index contributed by atoms with van der Waals surface area (Å²) in [5.41, 5.74) is 0. The van der Waals surface area contributed by atoms with Gasteiger partial charge in [-0.2, -0.15) is 11.8 Å². The van der Waals surface area contributed by atoms with Crippen molar-refractivity contribution < 1.29 is 9.47 Å². The van der Waals surface area contributed by atoms with Crippen molar-refractivity contribution in [2.75, 3.05) is 25.2 Å². The molecule has 1 heterocycles. The maximum atomic E-state index is 6.21. The number of benzene rings is 1. The second-order valence-corrected chi connectivity index (χ2v) is 5.76. The number of rotatable bonds is 5. The number of halogens is 1. The first-order chi connectivity index (χ1) is 8.29. The molecular weight excluding hydrogens is 256 g/mol. The van der Waals surface area contributed by atoms with E-state index in [0.717, 1.165) is 30.3 Å². The maximum Gasteiger partial charge on any atom is 0.119 e. The summed E-state index contributed by atoms with van der Waals surface area (Å²) >= 11 is 8.14. The Morgan fingerprint density at radius 1 is 1.24 bits per heavy atom. The van der Waals surface area contributed by atoms with Gasteiger partial charge in [-0.05, 0) is 42.4 Å². The van der Waals surface area contributed by atoms with Gasteiger partial charge in [0, 0.05) is 11.1 Å². The summed E-state index contributed by atoms with van der Waals surface area (Å²) in [6.45, 7) is 0.737. The highest BCUT2D eigenvalue weighted by Gasteiger charge is 2.25. The van der Waals surface area contributed by atoms with E-state index in [1.165, 1.54) is 5.75 Å². The van der Waals surface area contributed by atoms with Crippen LogP contribution in [-0.4, -0.2) is 30.6 Å². The Balaban J connectivity index is 1.73. The molecule has 0 bridgehead atoms. The Kier molecular flexibility index (Phi) is 4.86. The fourth-order valence-corrected chi connectivity index (χ4v) is 3.76. The summed E-state index contributed by atoms with van der Waals surface area (Å²) in [4.78, 5) is 0. The first-order valence-electron chi connectivity index (χ1n) is 5.78. The normalized spacial score (nSPS) is 23.6. The molecule has 4 heteroatoms. The monoisotopic (exact) mass is 272 g/mol. The van der Waals surface area contributed by atoms with Crippen LogP contribution in [0.3, 0.4) is 0 Å². The molecule has 1 saturated heterocycles. The molecule has 1 fully saturated rings. The zero-order valence-corrected chi connectivity index (χ0v) is 11.5. The molecule has 2 nitrogen and oxygen atoms in total. The Morgan fingerprint density at radius 3 is 2.53 bits per heavy atom. The highest BCUT2D eigenvalue weighted by Crippen LogP contribution is 2.30. The smallest absolute Gasteiger partial charge is 0.119 e. The van der Waals surface area contributed by atoms with Gasteiger partial charge in [-0.3, -0.25) is 0 Å². The predicted octanol–water partition coefficient (Wildman–Crippen LogP) is 3.43. The molecule has 2 rings (SSSR count). The van der Waals surface area contributed by atoms with E-state index in [9.17, 15) is 0 Å². The lowest BCUT2D eigenvalue weighted by Gasteiger charge is -2.13. The minimum atomic E-state index is 0.319. The van der Waals surface area contributed by atoms with Gasteiger partial charge < -0.3 is 9.47 Å². The topological polar surface area (TPSA) is 18.5 Å². The number of thioether (sulfide) groups is 1. The summed E-state index contributed by atoms with van der Waals surface area (Å²) in [6, 6.07) is 7.68. The molecule has 0 amide bonds. The maximum absolute atomic E-state index is 6.21. The van der Waals surface area contributed by atoms with Gasteiger partial charge >= 0.3 is 0 Å². The van der Waals surface area contributed by atoms with Crippen LogP contribution in [0.2, 0.25) is 0 Å². The first kappa shape index (κ1) is 12.9. The van der Waals surface area contributed by atoms with Gasteiger partial charge in [0.05, 0.1) is 13.7 Å². The van der Waals surface area contributed by atoms with Crippen LogP contribution in [-0.2, 0) is 0 Å². The van der Waals surface area contributed by atoms with Crippen molar-refractivity contribution in [2.45, 2.75) is 11.8 Å². The molecule has 0 saturated carbocycles. The van der Waals surface area contributed by atoms with Gasteiger partial charge in [-0.1, -0.05) is 0 Å². The third-order valence-electron chi connectivity index (χ3n) is 2.94. The molecule has 1 aliphatic heterocycles. The minimum Gasteiger partial charge on any atom is -0.497 e. The molecule has 2 atom stereocenters. The van der Waals surface area contributed by atoms with E-state index in [0.29, 0.717) is 11.3 Å². The Bertz CT molecular complexity index is 342. The number of alkyl halides is 1. The van der Waals surface area contributed by atoms with Gasteiger partial charge in [0.2, 0.25) is 0 Å². The van der Waals surface area contributed by atoms with Crippen molar-refractivity contribution in [3.8, 4) is 11.5 Å². The van der Waals surface area contributed by atoms with Crippen molar-refractivity contribution in [1.82, 2.24) is 0 Å². The number of ether oxygens (including phenoxy) is 2. The lowest BCUT2D eigenvalue weighted by Crippen LogP contribution is -2.15. The second kappa shape index (κ2) is 6.41. The Morgan fingerprint density at radius 2 is 1.94 bits per heavy atom. The quantitative estimate of drug-likeness (QED) is 0.765. The highest BCUT2D eigenvalue weighted by atomic mass is 35.5. The van der Waals surface area contributed by atoms with Gasteiger partial charge in [0.15, 0.2) is 0 Å². The van der Waals surface area contributed by atoms with Crippen LogP contribution < -0.4 is 9.47 Å². The molecule has 1 aliphatic rings. The van der Waals surface area contributed by atoms with Gasteiger partial charge in [0.25, 0.3) is 0 Å². The molecule has 0 aromatic heterocycles. The van der Waals surface area contributed by atoms with E-state index < -0.39 is 0 Å². The van der Waals surface area contributed by atoms with Crippen LogP contribution in [0.15, 0.2) is 24.3 Å². The number of methoxy groups -OCH3 is 1. The van der Waals surface area contributed by atoms with Gasteiger partial charge in [0.1, 0.15) is 11.5 Å². The van der Waals surface area contributed by atoms with Crippen LogP contribution in [0.1, 0.15) is 6.42 Å². The van der Waals surface area contributed by atoms with Gasteiger partial charge in [-0.15, -0.1) is 11.6 Å². The van der Waals surface area contributed by atoms with E-state index in [-0.39, 0.29) is 0 Å². The molecule has 1 aromatic carbocycles. The van der Waals surface area contributed by atoms with Crippen molar-refractivity contribution >= 4 is 23.4 Å². The largest absolute Gasteiger partial charge is 0.497 e. The third-order valence-corrected chi connectivity index (χ3v) is 4.89. The summed E-state index contributed by atoms with van der Waals surface area (Å²) in [5, 5.41) is 0.319. The highest BCUT2D eigenvalue weighted by molar-refractivity contribution is 7.99. The number of hydrogen-bond donors (Lipinski definition) is 0. The lowest BCUT2D eigenvalue weighted by molar-refractivity contribution is 0.286. The van der Waals surface area contributed by atoms with Crippen LogP contribution >= 0.6 is 23.4 Å². The number of hydrogen-bond acceptors (Lipinski definition) is 3. The van der Waals surface area contributed by atoms with Crippen LogP contribution in [0.5, 0.6) is 11.5 Å². The summed E-state index contributed by atoms with van der Waals surface area (Å²) in [7, 11) is 1.66. The molecule has 17 heavy (non-hydrogen) atoms. The standard InChI is InChI=1S/C13H17ClO2S/c1-15-11-2-4-12(5-3-11)16-7-6-10-8-17-9-13(10)14/h2-5,10,13H,6-9H2,1H3. The molecule has 0 spiro atoms. The zero-order chi connectivity index (χ0) is 12.1. The zero-order valence-electron chi connectivity index (χ0n) is 9.90. The molecule has 94 valence electrons. The van der Waals surface area contributed by atoms with E-state index in [2.05, 4.69) is 0 Å². The van der Waals surface area contributed by atoms with Crippen molar-refractivity contribution in [3.63, 3.8) is 0 Å². The molecule has 0 aliphatic carbocycles. The fraction of sp³-hybridized carbons (Fsp3) is 0.538. The second-order valence-electron chi connectivity index (χ2n) is 4.13. The molecule has 1 aromatic rings. The van der Waals surface area contributed by atoms with Crippen molar-refractivity contribution in [1.29, 1.82) is 0 Å². The van der Waals surface area contributed by atoms with Crippen molar-refractivity contribution in [3.05, 3.63) is 24.3 Å². The fourth-order valence-electron chi connectivity index (χ4n) is 1.84. The Hall–Kier alpha value is -0.540. The van der Waals surface area contributed by atoms with E-state index >= 15 is 0 Å². The summed E-state index contributed by atoms with van der Waals surface area (Å²) < 4.78 is 10.8. The SMILES string of the molecule is COc1ccc(OCCC2CSCC2Cl)cc1. The molecular formula is C13H17ClO2S. The molecule has 0 N–H and O–H groups in total. The van der Waals surface area contributed by atoms with Crippen LogP contribution in [0.25, 0.3) is 0 Å². The first-order valence-corrected chi connectivity index (χ1v) is 7.37. The lowest BCUT2D eigenvalue weighted by atomic mass is 10.1.